The summed E-state index contributed by atoms with van der Waals surface area (Å²) >= 11 is 7.84. The van der Waals surface area contributed by atoms with E-state index in [1.807, 2.05) is 25.1 Å². The lowest BCUT2D eigenvalue weighted by molar-refractivity contribution is 0.569. The third kappa shape index (κ3) is 3.60. The Balaban J connectivity index is 2.13. The molecular weight excluding hydrogens is 288 g/mol. The zero-order chi connectivity index (χ0) is 14.9. The van der Waals surface area contributed by atoms with Crippen molar-refractivity contribution in [3.63, 3.8) is 0 Å². The molecule has 2 N–H and O–H groups in total. The van der Waals surface area contributed by atoms with Gasteiger partial charge in [0.15, 0.2) is 0 Å². The molecule has 0 aliphatic heterocycles. The standard InChI is InChI=1S/C16H21ClN2S/c1-10-5-6-11(7-12(10)17)13(18)8-15-19-14(9-20-15)16(2,3)4/h5-7,9,13H,8,18H2,1-4H3. The van der Waals surface area contributed by atoms with Gasteiger partial charge < -0.3 is 5.73 Å². The highest BCUT2D eigenvalue weighted by atomic mass is 35.5. The number of hydrogen-bond donors (Lipinski definition) is 1. The number of nitrogens with zero attached hydrogens (tertiary/aromatic N) is 1. The quantitative estimate of drug-likeness (QED) is 0.896. The largest absolute Gasteiger partial charge is 0.324 e. The summed E-state index contributed by atoms with van der Waals surface area (Å²) in [5, 5.41) is 3.98. The van der Waals surface area contributed by atoms with Gasteiger partial charge in [-0.15, -0.1) is 11.3 Å². The molecule has 2 nitrogen and oxygen atoms in total. The van der Waals surface area contributed by atoms with Crippen molar-refractivity contribution in [2.45, 2.75) is 45.6 Å². The molecule has 1 heterocycles. The topological polar surface area (TPSA) is 38.9 Å². The van der Waals surface area contributed by atoms with E-state index in [-0.39, 0.29) is 11.5 Å². The van der Waals surface area contributed by atoms with E-state index in [2.05, 4.69) is 26.2 Å². The normalized spacial score (nSPS) is 13.5. The summed E-state index contributed by atoms with van der Waals surface area (Å²) in [6.45, 7) is 8.51. The summed E-state index contributed by atoms with van der Waals surface area (Å²) in [7, 11) is 0. The van der Waals surface area contributed by atoms with Crippen LogP contribution in [0.15, 0.2) is 23.6 Å². The molecule has 0 saturated carbocycles. The van der Waals surface area contributed by atoms with Gasteiger partial charge in [0.25, 0.3) is 0 Å². The molecule has 4 heteroatoms. The molecule has 0 aliphatic carbocycles. The van der Waals surface area contributed by atoms with E-state index in [0.29, 0.717) is 0 Å². The van der Waals surface area contributed by atoms with Crippen LogP contribution >= 0.6 is 22.9 Å². The molecule has 0 radical (unpaired) electrons. The minimum atomic E-state index is -0.0629. The number of aromatic nitrogens is 1. The van der Waals surface area contributed by atoms with Crippen LogP contribution in [-0.4, -0.2) is 4.98 Å². The number of rotatable bonds is 3. The Bertz CT molecular complexity index is 599. The maximum absolute atomic E-state index is 6.27. The third-order valence-electron chi connectivity index (χ3n) is 3.34. The maximum atomic E-state index is 6.27. The molecular formula is C16H21ClN2S. The van der Waals surface area contributed by atoms with Crippen molar-refractivity contribution in [1.82, 2.24) is 4.98 Å². The number of halogens is 1. The molecule has 0 spiro atoms. The lowest BCUT2D eigenvalue weighted by Gasteiger charge is -2.15. The van der Waals surface area contributed by atoms with Crippen LogP contribution in [0.4, 0.5) is 0 Å². The highest BCUT2D eigenvalue weighted by Gasteiger charge is 2.18. The van der Waals surface area contributed by atoms with Crippen molar-refractivity contribution in [3.05, 3.63) is 50.4 Å². The summed E-state index contributed by atoms with van der Waals surface area (Å²) in [5.41, 5.74) is 9.63. The van der Waals surface area contributed by atoms with Crippen molar-refractivity contribution in [1.29, 1.82) is 0 Å². The minimum Gasteiger partial charge on any atom is -0.324 e. The van der Waals surface area contributed by atoms with E-state index in [1.54, 1.807) is 11.3 Å². The van der Waals surface area contributed by atoms with Crippen LogP contribution in [0.25, 0.3) is 0 Å². The smallest absolute Gasteiger partial charge is 0.0947 e. The molecule has 1 atom stereocenters. The van der Waals surface area contributed by atoms with Crippen molar-refractivity contribution in [3.8, 4) is 0 Å². The first-order valence-corrected chi connectivity index (χ1v) is 7.99. The second-order valence-corrected chi connectivity index (χ2v) is 7.55. The average molecular weight is 309 g/mol. The zero-order valence-corrected chi connectivity index (χ0v) is 14.0. The van der Waals surface area contributed by atoms with Gasteiger partial charge in [-0.3, -0.25) is 0 Å². The summed E-state index contributed by atoms with van der Waals surface area (Å²) in [4.78, 5) is 4.69. The molecule has 0 bridgehead atoms. The summed E-state index contributed by atoms with van der Waals surface area (Å²) in [6.07, 6.45) is 0.750. The number of nitrogens with two attached hydrogens (primary N) is 1. The fourth-order valence-corrected chi connectivity index (χ4v) is 3.16. The van der Waals surface area contributed by atoms with Gasteiger partial charge in [-0.25, -0.2) is 4.98 Å². The Kier molecular flexibility index (Phi) is 4.52. The second kappa shape index (κ2) is 5.84. The second-order valence-electron chi connectivity index (χ2n) is 6.20. The Morgan fingerprint density at radius 1 is 1.35 bits per heavy atom. The SMILES string of the molecule is Cc1ccc(C(N)Cc2nc(C(C)(C)C)cs2)cc1Cl. The summed E-state index contributed by atoms with van der Waals surface area (Å²) < 4.78 is 0. The first kappa shape index (κ1) is 15.5. The number of aryl methyl sites for hydroxylation is 1. The van der Waals surface area contributed by atoms with Crippen LogP contribution < -0.4 is 5.73 Å². The van der Waals surface area contributed by atoms with Crippen molar-refractivity contribution in [2.24, 2.45) is 5.73 Å². The van der Waals surface area contributed by atoms with E-state index < -0.39 is 0 Å². The average Bonchev–Trinajstić information content (AvgIpc) is 2.81. The molecule has 1 aromatic carbocycles. The van der Waals surface area contributed by atoms with Crippen molar-refractivity contribution >= 4 is 22.9 Å². The molecule has 0 saturated heterocycles. The van der Waals surface area contributed by atoms with Gasteiger partial charge in [-0.2, -0.15) is 0 Å². The first-order chi connectivity index (χ1) is 9.27. The maximum Gasteiger partial charge on any atom is 0.0947 e. The molecule has 0 amide bonds. The van der Waals surface area contributed by atoms with Gasteiger partial charge >= 0.3 is 0 Å². The van der Waals surface area contributed by atoms with Gasteiger partial charge in [0.1, 0.15) is 0 Å². The van der Waals surface area contributed by atoms with Gasteiger partial charge in [0.2, 0.25) is 0 Å². The molecule has 2 aromatic rings. The van der Waals surface area contributed by atoms with Crippen LogP contribution in [0.3, 0.4) is 0 Å². The molecule has 2 rings (SSSR count). The summed E-state index contributed by atoms with van der Waals surface area (Å²) in [6, 6.07) is 5.95. The van der Waals surface area contributed by atoms with E-state index in [0.717, 1.165) is 33.3 Å². The summed E-state index contributed by atoms with van der Waals surface area (Å²) in [5.74, 6) is 0. The lowest BCUT2D eigenvalue weighted by Crippen LogP contribution is -2.15. The third-order valence-corrected chi connectivity index (χ3v) is 4.62. The highest BCUT2D eigenvalue weighted by molar-refractivity contribution is 7.09. The molecule has 1 unspecified atom stereocenters. The van der Waals surface area contributed by atoms with Gasteiger partial charge in [0.05, 0.1) is 10.7 Å². The van der Waals surface area contributed by atoms with E-state index in [1.165, 1.54) is 0 Å². The fraction of sp³-hybridized carbons (Fsp3) is 0.438. The monoisotopic (exact) mass is 308 g/mol. The van der Waals surface area contributed by atoms with E-state index in [9.17, 15) is 0 Å². The Hall–Kier alpha value is -0.900. The van der Waals surface area contributed by atoms with Crippen LogP contribution in [-0.2, 0) is 11.8 Å². The van der Waals surface area contributed by atoms with E-state index >= 15 is 0 Å². The molecule has 20 heavy (non-hydrogen) atoms. The zero-order valence-electron chi connectivity index (χ0n) is 12.4. The highest BCUT2D eigenvalue weighted by Crippen LogP contribution is 2.27. The first-order valence-electron chi connectivity index (χ1n) is 6.74. The Morgan fingerprint density at radius 2 is 2.05 bits per heavy atom. The fourth-order valence-electron chi connectivity index (χ4n) is 1.89. The predicted molar refractivity (Wildman–Crippen MR) is 87.6 cm³/mol. The van der Waals surface area contributed by atoms with Crippen molar-refractivity contribution in [2.75, 3.05) is 0 Å². The molecule has 0 fully saturated rings. The van der Waals surface area contributed by atoms with Crippen LogP contribution in [0.1, 0.15) is 48.6 Å². The number of thiazole rings is 1. The Labute approximate surface area is 130 Å². The number of hydrogen-bond acceptors (Lipinski definition) is 3. The van der Waals surface area contributed by atoms with Crippen LogP contribution in [0.2, 0.25) is 5.02 Å². The molecule has 108 valence electrons. The predicted octanol–water partition coefficient (Wildman–Crippen LogP) is 4.64. The van der Waals surface area contributed by atoms with Gasteiger partial charge in [0, 0.05) is 28.3 Å². The minimum absolute atomic E-state index is 0.0629. The molecule has 0 aliphatic rings. The van der Waals surface area contributed by atoms with Crippen molar-refractivity contribution < 1.29 is 0 Å². The number of benzene rings is 1. The van der Waals surface area contributed by atoms with Crippen LogP contribution in [0.5, 0.6) is 0 Å². The lowest BCUT2D eigenvalue weighted by atomic mass is 9.93. The van der Waals surface area contributed by atoms with Crippen LogP contribution in [0, 0.1) is 6.92 Å². The Morgan fingerprint density at radius 3 is 2.60 bits per heavy atom. The molecule has 1 aromatic heterocycles. The van der Waals surface area contributed by atoms with Gasteiger partial charge in [-0.1, -0.05) is 44.5 Å². The van der Waals surface area contributed by atoms with E-state index in [4.69, 9.17) is 22.3 Å². The van der Waals surface area contributed by atoms with Gasteiger partial charge in [-0.05, 0) is 24.1 Å².